The molecule has 0 aromatic carbocycles. The van der Waals surface area contributed by atoms with Gasteiger partial charge in [-0.05, 0) is 5.56 Å². The first kappa shape index (κ1) is 10.4. The van der Waals surface area contributed by atoms with Crippen molar-refractivity contribution in [2.24, 2.45) is 0 Å². The molecule has 1 heterocycles. The summed E-state index contributed by atoms with van der Waals surface area (Å²) in [5.41, 5.74) is 0.257. The van der Waals surface area contributed by atoms with Gasteiger partial charge in [-0.1, -0.05) is 22.0 Å². The van der Waals surface area contributed by atoms with Gasteiger partial charge in [0.15, 0.2) is 0 Å². The average molecular weight is 252 g/mol. The number of methoxy groups -OCH3 is 1. The molecular weight excluding hydrogens is 244 g/mol. The molecule has 0 N–H and O–H groups in total. The predicted molar refractivity (Wildman–Crippen MR) is 48.4 cm³/mol. The molecule has 13 heavy (non-hydrogen) atoms. The Labute approximate surface area is 83.1 Å². The highest BCUT2D eigenvalue weighted by Crippen LogP contribution is 2.24. The molecule has 0 amide bonds. The lowest BCUT2D eigenvalue weighted by Gasteiger charge is -2.06. The number of hydrogen-bond donors (Lipinski definition) is 0. The summed E-state index contributed by atoms with van der Waals surface area (Å²) in [7, 11) is 1.39. The van der Waals surface area contributed by atoms with Gasteiger partial charge in [0, 0.05) is 11.4 Å². The fourth-order valence-electron chi connectivity index (χ4n) is 0.901. The van der Waals surface area contributed by atoms with E-state index in [0.717, 1.165) is 0 Å². The summed E-state index contributed by atoms with van der Waals surface area (Å²) in [5.74, 6) is 0.208. The van der Waals surface area contributed by atoms with E-state index in [1.165, 1.54) is 7.11 Å². The van der Waals surface area contributed by atoms with Gasteiger partial charge in [-0.2, -0.15) is 0 Å². The summed E-state index contributed by atoms with van der Waals surface area (Å²) in [6.45, 7) is 0. The third-order valence-corrected chi connectivity index (χ3v) is 2.15. The van der Waals surface area contributed by atoms with Crippen molar-refractivity contribution < 1.29 is 13.5 Å². The summed E-state index contributed by atoms with van der Waals surface area (Å²) in [4.78, 5) is 3.66. The van der Waals surface area contributed by atoms with Crippen LogP contribution in [0.4, 0.5) is 8.78 Å². The first-order valence-corrected chi connectivity index (χ1v) is 4.69. The fraction of sp³-hybridized carbons (Fsp3) is 0.375. The monoisotopic (exact) mass is 251 g/mol. The van der Waals surface area contributed by atoms with Crippen molar-refractivity contribution in [3.63, 3.8) is 0 Å². The van der Waals surface area contributed by atoms with E-state index in [1.807, 2.05) is 0 Å². The van der Waals surface area contributed by atoms with E-state index < -0.39 is 6.43 Å². The van der Waals surface area contributed by atoms with Crippen LogP contribution in [0.15, 0.2) is 12.1 Å². The summed E-state index contributed by atoms with van der Waals surface area (Å²) in [6, 6.07) is 3.13. The van der Waals surface area contributed by atoms with Crippen LogP contribution in [0.25, 0.3) is 0 Å². The Kier molecular flexibility index (Phi) is 3.59. The van der Waals surface area contributed by atoms with Gasteiger partial charge in [-0.25, -0.2) is 13.8 Å². The summed E-state index contributed by atoms with van der Waals surface area (Å²) in [5, 5.41) is 0.365. The summed E-state index contributed by atoms with van der Waals surface area (Å²) in [6.07, 6.45) is -2.57. The minimum absolute atomic E-state index is 0.208. The number of halogens is 3. The second-order valence-electron chi connectivity index (χ2n) is 2.33. The van der Waals surface area contributed by atoms with Crippen molar-refractivity contribution in [2.75, 3.05) is 7.11 Å². The van der Waals surface area contributed by atoms with Crippen molar-refractivity contribution in [1.29, 1.82) is 0 Å². The van der Waals surface area contributed by atoms with Crippen LogP contribution in [0.3, 0.4) is 0 Å². The normalized spacial score (nSPS) is 10.5. The molecule has 0 aliphatic heterocycles. The highest BCUT2D eigenvalue weighted by Gasteiger charge is 2.14. The SMILES string of the molecule is COc1ccc(CBr)c(C(F)F)n1. The average Bonchev–Trinajstić information content (AvgIpc) is 2.16. The molecule has 0 radical (unpaired) electrons. The molecule has 1 aromatic heterocycles. The van der Waals surface area contributed by atoms with Crippen LogP contribution in [-0.2, 0) is 5.33 Å². The first-order valence-electron chi connectivity index (χ1n) is 3.57. The molecule has 0 saturated heterocycles. The maximum atomic E-state index is 12.4. The molecule has 72 valence electrons. The van der Waals surface area contributed by atoms with Crippen molar-refractivity contribution in [3.8, 4) is 5.88 Å². The molecule has 0 aliphatic carbocycles. The Bertz CT molecular complexity index is 293. The first-order chi connectivity index (χ1) is 6.19. The van der Waals surface area contributed by atoms with Crippen LogP contribution in [0, 0.1) is 0 Å². The molecule has 1 rings (SSSR count). The van der Waals surface area contributed by atoms with Crippen LogP contribution in [-0.4, -0.2) is 12.1 Å². The third-order valence-electron chi connectivity index (χ3n) is 1.55. The number of rotatable bonds is 3. The van der Waals surface area contributed by atoms with Crippen LogP contribution < -0.4 is 4.74 Å². The molecule has 0 unspecified atom stereocenters. The van der Waals surface area contributed by atoms with E-state index >= 15 is 0 Å². The highest BCUT2D eigenvalue weighted by atomic mass is 79.9. The number of alkyl halides is 3. The molecule has 0 atom stereocenters. The fourth-order valence-corrected chi connectivity index (χ4v) is 1.37. The van der Waals surface area contributed by atoms with E-state index in [0.29, 0.717) is 10.9 Å². The zero-order chi connectivity index (χ0) is 9.84. The van der Waals surface area contributed by atoms with E-state index in [4.69, 9.17) is 4.74 Å². The Morgan fingerprint density at radius 1 is 1.54 bits per heavy atom. The molecule has 0 bridgehead atoms. The number of aromatic nitrogens is 1. The Hall–Kier alpha value is -0.710. The Morgan fingerprint density at radius 2 is 2.23 bits per heavy atom. The number of ether oxygens (including phenoxy) is 1. The topological polar surface area (TPSA) is 22.1 Å². The van der Waals surface area contributed by atoms with Crippen LogP contribution >= 0.6 is 15.9 Å². The molecule has 2 nitrogen and oxygen atoms in total. The lowest BCUT2D eigenvalue weighted by Crippen LogP contribution is -1.98. The number of hydrogen-bond acceptors (Lipinski definition) is 2. The van der Waals surface area contributed by atoms with Gasteiger partial charge in [0.25, 0.3) is 6.43 Å². The lowest BCUT2D eigenvalue weighted by molar-refractivity contribution is 0.144. The van der Waals surface area contributed by atoms with Gasteiger partial charge in [0.05, 0.1) is 7.11 Å². The van der Waals surface area contributed by atoms with Gasteiger partial charge < -0.3 is 4.74 Å². The minimum atomic E-state index is -2.57. The summed E-state index contributed by atoms with van der Waals surface area (Å²) >= 11 is 3.11. The second kappa shape index (κ2) is 4.50. The van der Waals surface area contributed by atoms with Crippen molar-refractivity contribution in [2.45, 2.75) is 11.8 Å². The summed E-state index contributed by atoms with van der Waals surface area (Å²) < 4.78 is 29.5. The molecule has 0 fully saturated rings. The van der Waals surface area contributed by atoms with Crippen LogP contribution in [0.1, 0.15) is 17.7 Å². The highest BCUT2D eigenvalue weighted by molar-refractivity contribution is 9.08. The van der Waals surface area contributed by atoms with Gasteiger partial charge in [-0.15, -0.1) is 0 Å². The van der Waals surface area contributed by atoms with Crippen LogP contribution in [0.2, 0.25) is 0 Å². The predicted octanol–water partition coefficient (Wildman–Crippen LogP) is 2.92. The van der Waals surface area contributed by atoms with Crippen LogP contribution in [0.5, 0.6) is 5.88 Å². The van der Waals surface area contributed by atoms with Gasteiger partial charge >= 0.3 is 0 Å². The van der Waals surface area contributed by atoms with Crippen molar-refractivity contribution in [3.05, 3.63) is 23.4 Å². The van der Waals surface area contributed by atoms with E-state index in [2.05, 4.69) is 20.9 Å². The van der Waals surface area contributed by atoms with E-state index in [9.17, 15) is 8.78 Å². The maximum Gasteiger partial charge on any atom is 0.280 e. The van der Waals surface area contributed by atoms with E-state index in [1.54, 1.807) is 12.1 Å². The van der Waals surface area contributed by atoms with E-state index in [-0.39, 0.29) is 11.6 Å². The molecule has 0 aliphatic rings. The number of pyridine rings is 1. The van der Waals surface area contributed by atoms with Crippen molar-refractivity contribution in [1.82, 2.24) is 4.98 Å². The smallest absolute Gasteiger partial charge is 0.280 e. The Balaban J connectivity index is 3.10. The van der Waals surface area contributed by atoms with Gasteiger partial charge in [0.2, 0.25) is 5.88 Å². The minimum Gasteiger partial charge on any atom is -0.481 e. The van der Waals surface area contributed by atoms with Crippen molar-refractivity contribution >= 4 is 15.9 Å². The Morgan fingerprint density at radius 3 is 2.69 bits per heavy atom. The largest absolute Gasteiger partial charge is 0.481 e. The molecule has 1 aromatic rings. The molecule has 5 heteroatoms. The maximum absolute atomic E-state index is 12.4. The quantitative estimate of drug-likeness (QED) is 0.771. The number of nitrogens with zero attached hydrogens (tertiary/aromatic N) is 1. The lowest BCUT2D eigenvalue weighted by atomic mass is 10.2. The standard InChI is InChI=1S/C8H8BrF2NO/c1-13-6-3-2-5(4-9)7(12-6)8(10)11/h2-3,8H,4H2,1H3. The van der Waals surface area contributed by atoms with Gasteiger partial charge in [-0.3, -0.25) is 0 Å². The molecule has 0 spiro atoms. The third kappa shape index (κ3) is 2.37. The molecular formula is C8H8BrF2NO. The zero-order valence-corrected chi connectivity index (χ0v) is 8.51. The zero-order valence-electron chi connectivity index (χ0n) is 6.93. The van der Waals surface area contributed by atoms with Gasteiger partial charge in [0.1, 0.15) is 5.69 Å². The second-order valence-corrected chi connectivity index (χ2v) is 2.89. The molecule has 0 saturated carbocycles.